The van der Waals surface area contributed by atoms with Crippen molar-refractivity contribution in [1.29, 1.82) is 0 Å². The Hall–Kier alpha value is -1.57. The lowest BCUT2D eigenvalue weighted by atomic mass is 10.1. The van der Waals surface area contributed by atoms with Crippen molar-refractivity contribution < 1.29 is 9.15 Å². The molecule has 23 heavy (non-hydrogen) atoms. The first-order valence-electron chi connectivity index (χ1n) is 7.40. The van der Waals surface area contributed by atoms with Gasteiger partial charge in [0.1, 0.15) is 15.7 Å². The maximum absolute atomic E-state index is 11.8. The Morgan fingerprint density at radius 3 is 2.91 bits per heavy atom. The van der Waals surface area contributed by atoms with E-state index in [-0.39, 0.29) is 5.63 Å². The van der Waals surface area contributed by atoms with Crippen LogP contribution in [0.4, 0.5) is 0 Å². The van der Waals surface area contributed by atoms with E-state index in [1.807, 2.05) is 12.1 Å². The fourth-order valence-electron chi connectivity index (χ4n) is 2.53. The minimum atomic E-state index is -0.352. The van der Waals surface area contributed by atoms with E-state index < -0.39 is 0 Å². The minimum absolute atomic E-state index is 0.352. The zero-order valence-electron chi connectivity index (χ0n) is 12.8. The van der Waals surface area contributed by atoms with E-state index in [9.17, 15) is 4.79 Å². The average molecular weight is 350 g/mol. The van der Waals surface area contributed by atoms with E-state index >= 15 is 0 Å². The molecule has 1 fully saturated rings. The number of thioether (sulfide) groups is 1. The topological polar surface area (TPSA) is 54.7 Å². The van der Waals surface area contributed by atoms with Gasteiger partial charge in [0.05, 0.1) is 7.11 Å². The van der Waals surface area contributed by atoms with Gasteiger partial charge >= 0.3 is 5.63 Å². The zero-order chi connectivity index (χ0) is 16.2. The SMILES string of the molecule is COc1ccc2c(CSC(=S)N3CCNCC3)cc(=O)oc2c1. The van der Waals surface area contributed by atoms with Crippen LogP contribution in [-0.4, -0.2) is 42.5 Å². The number of fused-ring (bicyclic) bond motifs is 1. The van der Waals surface area contributed by atoms with Gasteiger partial charge in [0.15, 0.2) is 0 Å². The Labute approximate surface area is 144 Å². The number of benzene rings is 1. The second kappa shape index (κ2) is 7.33. The molecule has 1 saturated heterocycles. The monoisotopic (exact) mass is 350 g/mol. The molecule has 1 aliphatic rings. The Kier molecular flexibility index (Phi) is 5.20. The summed E-state index contributed by atoms with van der Waals surface area (Å²) in [5.74, 6) is 1.32. The van der Waals surface area contributed by atoms with Crippen LogP contribution >= 0.6 is 24.0 Å². The smallest absolute Gasteiger partial charge is 0.336 e. The number of nitrogens with one attached hydrogen (secondary N) is 1. The predicted octanol–water partition coefficient (Wildman–Crippen LogP) is 2.22. The van der Waals surface area contributed by atoms with Gasteiger partial charge in [-0.1, -0.05) is 24.0 Å². The van der Waals surface area contributed by atoms with Crippen LogP contribution in [0.2, 0.25) is 0 Å². The molecule has 3 rings (SSSR count). The van der Waals surface area contributed by atoms with Gasteiger partial charge in [0.2, 0.25) is 0 Å². The van der Waals surface area contributed by atoms with Crippen LogP contribution in [-0.2, 0) is 5.75 Å². The number of rotatable bonds is 3. The van der Waals surface area contributed by atoms with E-state index in [4.69, 9.17) is 21.4 Å². The maximum Gasteiger partial charge on any atom is 0.336 e. The molecule has 7 heteroatoms. The quantitative estimate of drug-likeness (QED) is 0.673. The van der Waals surface area contributed by atoms with Crippen LogP contribution in [0, 0.1) is 0 Å². The van der Waals surface area contributed by atoms with Crippen LogP contribution in [0.3, 0.4) is 0 Å². The number of hydrogen-bond acceptors (Lipinski definition) is 6. The van der Waals surface area contributed by atoms with Gasteiger partial charge in [-0.05, 0) is 17.7 Å². The standard InChI is InChI=1S/C16H18N2O3S2/c1-20-12-2-3-13-11(8-15(19)21-14(13)9-12)10-23-16(22)18-6-4-17-5-7-18/h2-3,8-9,17H,4-7,10H2,1H3. The number of ether oxygens (including phenoxy) is 1. The highest BCUT2D eigenvalue weighted by Crippen LogP contribution is 2.26. The summed E-state index contributed by atoms with van der Waals surface area (Å²) in [5.41, 5.74) is 1.12. The van der Waals surface area contributed by atoms with Gasteiger partial charge in [-0.15, -0.1) is 0 Å². The molecule has 0 amide bonds. The Morgan fingerprint density at radius 1 is 1.39 bits per heavy atom. The first kappa shape index (κ1) is 16.3. The maximum atomic E-state index is 11.8. The number of piperazine rings is 1. The number of thiocarbonyl (C=S) groups is 1. The molecular formula is C16H18N2O3S2. The molecule has 1 N–H and O–H groups in total. The van der Waals surface area contributed by atoms with Crippen LogP contribution in [0.15, 0.2) is 33.5 Å². The van der Waals surface area contributed by atoms with Gasteiger partial charge in [-0.2, -0.15) is 0 Å². The van der Waals surface area contributed by atoms with Gasteiger partial charge in [0.25, 0.3) is 0 Å². The van der Waals surface area contributed by atoms with Gasteiger partial charge in [0, 0.05) is 49.5 Å². The first-order chi connectivity index (χ1) is 11.2. The largest absolute Gasteiger partial charge is 0.497 e. The van der Waals surface area contributed by atoms with E-state index in [0.29, 0.717) is 17.1 Å². The van der Waals surface area contributed by atoms with E-state index in [1.165, 1.54) is 0 Å². The third-order valence-corrected chi connectivity index (χ3v) is 5.34. The lowest BCUT2D eigenvalue weighted by Gasteiger charge is -2.29. The fourth-order valence-corrected chi connectivity index (χ4v) is 3.78. The van der Waals surface area contributed by atoms with Crippen molar-refractivity contribution in [1.82, 2.24) is 10.2 Å². The van der Waals surface area contributed by atoms with E-state index in [1.54, 1.807) is 31.0 Å². The summed E-state index contributed by atoms with van der Waals surface area (Å²) < 4.78 is 11.3. The van der Waals surface area contributed by atoms with Crippen molar-refractivity contribution in [3.05, 3.63) is 40.2 Å². The average Bonchev–Trinajstić information content (AvgIpc) is 2.59. The van der Waals surface area contributed by atoms with E-state index in [2.05, 4.69) is 10.2 Å². The second-order valence-electron chi connectivity index (χ2n) is 5.24. The molecule has 0 radical (unpaired) electrons. The number of hydrogen-bond donors (Lipinski definition) is 1. The highest BCUT2D eigenvalue weighted by Gasteiger charge is 2.14. The third kappa shape index (κ3) is 3.85. The molecule has 122 valence electrons. The summed E-state index contributed by atoms with van der Waals surface area (Å²) in [6.45, 7) is 3.78. The molecule has 0 spiro atoms. The zero-order valence-corrected chi connectivity index (χ0v) is 14.5. The van der Waals surface area contributed by atoms with Crippen molar-refractivity contribution in [3.8, 4) is 5.75 Å². The second-order valence-corrected chi connectivity index (χ2v) is 6.85. The van der Waals surface area contributed by atoms with Gasteiger partial charge in [-0.25, -0.2) is 4.79 Å². The van der Waals surface area contributed by atoms with Crippen molar-refractivity contribution in [2.24, 2.45) is 0 Å². The molecule has 0 saturated carbocycles. The fraction of sp³-hybridized carbons (Fsp3) is 0.375. The van der Waals surface area contributed by atoms with Crippen LogP contribution in [0.1, 0.15) is 5.56 Å². The van der Waals surface area contributed by atoms with E-state index in [0.717, 1.165) is 41.4 Å². The molecule has 5 nitrogen and oxygen atoms in total. The van der Waals surface area contributed by atoms with Crippen LogP contribution in [0.25, 0.3) is 11.0 Å². The molecular weight excluding hydrogens is 332 g/mol. The van der Waals surface area contributed by atoms with Gasteiger partial charge in [-0.3, -0.25) is 0 Å². The lowest BCUT2D eigenvalue weighted by molar-refractivity contribution is 0.368. The highest BCUT2D eigenvalue weighted by molar-refractivity contribution is 8.22. The molecule has 2 aromatic rings. The van der Waals surface area contributed by atoms with Crippen molar-refractivity contribution in [2.45, 2.75) is 5.75 Å². The van der Waals surface area contributed by atoms with Crippen molar-refractivity contribution in [2.75, 3.05) is 33.3 Å². The molecule has 1 aromatic carbocycles. The predicted molar refractivity (Wildman–Crippen MR) is 97.4 cm³/mol. The molecule has 0 aliphatic carbocycles. The summed E-state index contributed by atoms with van der Waals surface area (Å²) in [7, 11) is 1.59. The summed E-state index contributed by atoms with van der Waals surface area (Å²) in [5, 5.41) is 4.23. The molecule has 0 atom stereocenters. The lowest BCUT2D eigenvalue weighted by Crippen LogP contribution is -2.44. The molecule has 0 bridgehead atoms. The van der Waals surface area contributed by atoms with Crippen molar-refractivity contribution >= 4 is 39.3 Å². The molecule has 0 unspecified atom stereocenters. The number of nitrogens with zero attached hydrogens (tertiary/aromatic N) is 1. The Morgan fingerprint density at radius 2 is 2.17 bits per heavy atom. The molecule has 1 aliphatic heterocycles. The first-order valence-corrected chi connectivity index (χ1v) is 8.80. The van der Waals surface area contributed by atoms with Crippen LogP contribution in [0.5, 0.6) is 5.75 Å². The highest BCUT2D eigenvalue weighted by atomic mass is 32.2. The summed E-state index contributed by atoms with van der Waals surface area (Å²) in [6, 6.07) is 7.06. The molecule has 2 heterocycles. The van der Waals surface area contributed by atoms with Crippen LogP contribution < -0.4 is 15.7 Å². The Balaban J connectivity index is 1.79. The summed E-state index contributed by atoms with van der Waals surface area (Å²) in [4.78, 5) is 14.0. The normalized spacial score (nSPS) is 14.9. The van der Waals surface area contributed by atoms with Gasteiger partial charge < -0.3 is 19.4 Å². The minimum Gasteiger partial charge on any atom is -0.497 e. The third-order valence-electron chi connectivity index (χ3n) is 3.76. The number of methoxy groups -OCH3 is 1. The van der Waals surface area contributed by atoms with Crippen molar-refractivity contribution in [3.63, 3.8) is 0 Å². The summed E-state index contributed by atoms with van der Waals surface area (Å²) >= 11 is 7.10. The molecule has 1 aromatic heterocycles. The Bertz CT molecular complexity index is 769. The summed E-state index contributed by atoms with van der Waals surface area (Å²) in [6.07, 6.45) is 0.